The average Bonchev–Trinajstić information content (AvgIpc) is 3.89. The molecule has 55 heavy (non-hydrogen) atoms. The Balaban J connectivity index is 1.15. The van der Waals surface area contributed by atoms with Crippen LogP contribution < -0.4 is 0 Å². The minimum atomic E-state index is 0.598. The van der Waals surface area contributed by atoms with Crippen molar-refractivity contribution >= 4 is 71.1 Å². The van der Waals surface area contributed by atoms with Gasteiger partial charge in [0.15, 0.2) is 5.69 Å². The maximum absolute atomic E-state index is 10.2. The van der Waals surface area contributed by atoms with E-state index < -0.39 is 0 Å². The fraction of sp³-hybridized carbons (Fsp3) is 0. The van der Waals surface area contributed by atoms with Gasteiger partial charge in [0, 0.05) is 38.2 Å². The first-order chi connectivity index (χ1) is 27.2. The molecule has 0 saturated heterocycles. The van der Waals surface area contributed by atoms with Crippen molar-refractivity contribution in [3.8, 4) is 34.3 Å². The summed E-state index contributed by atoms with van der Waals surface area (Å²) in [5, 5.41) is 17.0. The van der Waals surface area contributed by atoms with Gasteiger partial charge in [-0.1, -0.05) is 103 Å². The molecule has 0 amide bonds. The topological polar surface area (TPSA) is 42.9 Å². The van der Waals surface area contributed by atoms with Crippen molar-refractivity contribution in [1.82, 2.24) is 13.7 Å². The normalized spacial score (nSPS) is 11.6. The number of nitriles is 1. The molecule has 0 unspecified atom stereocenters. The lowest BCUT2D eigenvalue weighted by Gasteiger charge is -2.16. The molecule has 0 N–H and O–H groups in total. The molecule has 0 atom stereocenters. The van der Waals surface area contributed by atoms with Crippen molar-refractivity contribution in [2.45, 2.75) is 0 Å². The van der Waals surface area contributed by atoms with Gasteiger partial charge in [0.2, 0.25) is 0 Å². The second-order valence-electron chi connectivity index (χ2n) is 13.9. The summed E-state index contributed by atoms with van der Waals surface area (Å²) in [6.45, 7) is 7.68. The summed E-state index contributed by atoms with van der Waals surface area (Å²) in [6, 6.07) is 63.7. The van der Waals surface area contributed by atoms with Gasteiger partial charge in [-0.15, -0.1) is 0 Å². The third-order valence-electron chi connectivity index (χ3n) is 11.1. The van der Waals surface area contributed by atoms with E-state index in [9.17, 15) is 5.26 Å². The Morgan fingerprint density at radius 2 is 0.982 bits per heavy atom. The van der Waals surface area contributed by atoms with Gasteiger partial charge < -0.3 is 13.7 Å². The minimum absolute atomic E-state index is 0.598. The van der Waals surface area contributed by atoms with Crippen molar-refractivity contribution < 1.29 is 0 Å². The molecule has 0 bridgehead atoms. The minimum Gasteiger partial charge on any atom is -0.309 e. The fourth-order valence-corrected chi connectivity index (χ4v) is 8.76. The van der Waals surface area contributed by atoms with E-state index in [0.29, 0.717) is 11.3 Å². The van der Waals surface area contributed by atoms with Crippen LogP contribution in [0.15, 0.2) is 176 Å². The number of rotatable bonds is 4. The van der Waals surface area contributed by atoms with E-state index in [4.69, 9.17) is 6.57 Å². The lowest BCUT2D eigenvalue weighted by molar-refractivity contribution is 1.16. The Bertz CT molecular complexity index is 3400. The Morgan fingerprint density at radius 3 is 1.64 bits per heavy atom. The molecule has 0 fully saturated rings. The summed E-state index contributed by atoms with van der Waals surface area (Å²) in [5.41, 5.74) is 13.0. The van der Waals surface area contributed by atoms with Gasteiger partial charge in [-0.05, 0) is 83.7 Å². The third kappa shape index (κ3) is 4.45. The summed E-state index contributed by atoms with van der Waals surface area (Å²) >= 11 is 0. The van der Waals surface area contributed by atoms with Gasteiger partial charge in [-0.25, -0.2) is 4.85 Å². The predicted molar refractivity (Wildman–Crippen MR) is 226 cm³/mol. The number of aromatic nitrogens is 3. The lowest BCUT2D eigenvalue weighted by Crippen LogP contribution is -2.00. The predicted octanol–water partition coefficient (Wildman–Crippen LogP) is 13.1. The number of nitrogens with zero attached hydrogens (tertiary/aromatic N) is 5. The van der Waals surface area contributed by atoms with Gasteiger partial charge in [-0.2, -0.15) is 5.26 Å². The number of benzene rings is 8. The number of para-hydroxylation sites is 4. The summed E-state index contributed by atoms with van der Waals surface area (Å²) < 4.78 is 6.98. The first-order valence-corrected chi connectivity index (χ1v) is 18.3. The zero-order valence-corrected chi connectivity index (χ0v) is 29.5. The Morgan fingerprint density at radius 1 is 0.436 bits per heavy atom. The molecule has 3 heterocycles. The van der Waals surface area contributed by atoms with Crippen LogP contribution in [0.25, 0.3) is 98.5 Å². The van der Waals surface area contributed by atoms with Gasteiger partial charge in [0.25, 0.3) is 0 Å². The average molecular weight is 700 g/mol. The molecule has 0 saturated carbocycles. The molecule has 11 rings (SSSR count). The zero-order chi connectivity index (χ0) is 36.6. The van der Waals surface area contributed by atoms with Crippen molar-refractivity contribution in [3.63, 3.8) is 0 Å². The van der Waals surface area contributed by atoms with Crippen LogP contribution in [-0.4, -0.2) is 13.7 Å². The van der Waals surface area contributed by atoms with Crippen molar-refractivity contribution in [2.75, 3.05) is 0 Å². The molecular weight excluding hydrogens is 671 g/mol. The van der Waals surface area contributed by atoms with Gasteiger partial charge in [0.1, 0.15) is 0 Å². The highest BCUT2D eigenvalue weighted by Crippen LogP contribution is 2.42. The summed E-state index contributed by atoms with van der Waals surface area (Å²) in [7, 11) is 0. The second kappa shape index (κ2) is 11.8. The van der Waals surface area contributed by atoms with E-state index in [1.54, 1.807) is 0 Å². The van der Waals surface area contributed by atoms with Gasteiger partial charge >= 0.3 is 0 Å². The van der Waals surface area contributed by atoms with E-state index in [0.717, 1.165) is 71.8 Å². The standard InChI is InChI=1S/C50H29N5/c1-52-34-24-28-46-41(30-34)39-13-4-8-17-44(39)54(46)47-19-10-20-48-50(47)40-14-5-9-18-45(40)55(48)49-29-32(31-51)21-27-36(49)33-22-25-35(26-23-33)53-42-15-6-2-11-37(42)38-12-3-7-16-43(38)53/h2-30H. The van der Waals surface area contributed by atoms with Crippen LogP contribution >= 0.6 is 0 Å². The van der Waals surface area contributed by atoms with E-state index in [1.807, 2.05) is 24.3 Å². The quantitative estimate of drug-likeness (QED) is 0.169. The highest BCUT2D eigenvalue weighted by Gasteiger charge is 2.21. The molecule has 0 aliphatic rings. The molecule has 0 spiro atoms. The van der Waals surface area contributed by atoms with Gasteiger partial charge in [-0.3, -0.25) is 0 Å². The maximum atomic E-state index is 10.2. The van der Waals surface area contributed by atoms with Crippen LogP contribution in [0, 0.1) is 17.9 Å². The SMILES string of the molecule is [C-]#[N+]c1ccc2c(c1)c1ccccc1n2-c1cccc2c1c1ccccc1n2-c1cc(C#N)ccc1-c1ccc(-n2c3ccccc3c3ccccc32)cc1. The molecule has 11 aromatic rings. The molecule has 5 nitrogen and oxygen atoms in total. The van der Waals surface area contributed by atoms with Crippen LogP contribution in [0.3, 0.4) is 0 Å². The zero-order valence-electron chi connectivity index (χ0n) is 29.5. The van der Waals surface area contributed by atoms with Crippen LogP contribution in [0.4, 0.5) is 5.69 Å². The Hall–Kier alpha value is -7.86. The van der Waals surface area contributed by atoms with Crippen LogP contribution in [0.2, 0.25) is 0 Å². The highest BCUT2D eigenvalue weighted by molar-refractivity contribution is 6.17. The van der Waals surface area contributed by atoms with E-state index >= 15 is 0 Å². The third-order valence-corrected chi connectivity index (χ3v) is 11.1. The van der Waals surface area contributed by atoms with Crippen molar-refractivity contribution in [1.29, 1.82) is 5.26 Å². The molecule has 5 heteroatoms. The molecule has 254 valence electrons. The monoisotopic (exact) mass is 699 g/mol. The fourth-order valence-electron chi connectivity index (χ4n) is 8.76. The number of hydrogen-bond acceptors (Lipinski definition) is 1. The van der Waals surface area contributed by atoms with Crippen LogP contribution in [0.1, 0.15) is 5.56 Å². The van der Waals surface area contributed by atoms with E-state index in [-0.39, 0.29) is 0 Å². The number of hydrogen-bond donors (Lipinski definition) is 0. The number of fused-ring (bicyclic) bond motifs is 9. The van der Waals surface area contributed by atoms with Crippen molar-refractivity contribution in [3.05, 3.63) is 193 Å². The highest BCUT2D eigenvalue weighted by atomic mass is 15.0. The Kier molecular flexibility index (Phi) is 6.61. The van der Waals surface area contributed by atoms with Crippen molar-refractivity contribution in [2.24, 2.45) is 0 Å². The molecular formula is C50H29N5. The lowest BCUT2D eigenvalue weighted by atomic mass is 10.0. The second-order valence-corrected chi connectivity index (χ2v) is 13.9. The first kappa shape index (κ1) is 30.7. The largest absolute Gasteiger partial charge is 0.309 e. The summed E-state index contributed by atoms with van der Waals surface area (Å²) in [4.78, 5) is 3.74. The van der Waals surface area contributed by atoms with E-state index in [2.05, 4.69) is 176 Å². The maximum Gasteiger partial charge on any atom is 0.188 e. The first-order valence-electron chi connectivity index (χ1n) is 18.3. The Labute approximate surface area is 316 Å². The van der Waals surface area contributed by atoms with E-state index in [1.165, 1.54) is 21.8 Å². The molecule has 3 aromatic heterocycles. The summed E-state index contributed by atoms with van der Waals surface area (Å²) in [5.74, 6) is 0. The molecule has 8 aromatic carbocycles. The molecule has 0 aliphatic heterocycles. The van der Waals surface area contributed by atoms with Crippen LogP contribution in [0.5, 0.6) is 0 Å². The summed E-state index contributed by atoms with van der Waals surface area (Å²) in [6.07, 6.45) is 0. The van der Waals surface area contributed by atoms with Gasteiger partial charge in [0.05, 0.1) is 62.7 Å². The molecule has 0 radical (unpaired) electrons. The smallest absolute Gasteiger partial charge is 0.188 e. The molecule has 0 aliphatic carbocycles. The van der Waals surface area contributed by atoms with Crippen LogP contribution in [-0.2, 0) is 0 Å².